The van der Waals surface area contributed by atoms with Crippen LogP contribution in [0.15, 0.2) is 30.5 Å². The Balaban J connectivity index is 1.89. The van der Waals surface area contributed by atoms with Crippen LogP contribution in [0.25, 0.3) is 10.9 Å². The number of nitrogens with one attached hydrogen (secondary N) is 1. The van der Waals surface area contributed by atoms with Crippen molar-refractivity contribution in [2.24, 2.45) is 5.92 Å². The van der Waals surface area contributed by atoms with Gasteiger partial charge < -0.3 is 10.4 Å². The maximum atomic E-state index is 11.3. The average molecular weight is 273 g/mol. The minimum absolute atomic E-state index is 0.0653. The van der Waals surface area contributed by atoms with Gasteiger partial charge in [-0.1, -0.05) is 0 Å². The Morgan fingerprint density at radius 3 is 2.90 bits per heavy atom. The zero-order chi connectivity index (χ0) is 14.1. The maximum Gasteiger partial charge on any atom is 0.301 e. The van der Waals surface area contributed by atoms with E-state index < -0.39 is 0 Å². The van der Waals surface area contributed by atoms with Gasteiger partial charge in [0, 0.05) is 12.7 Å². The number of nitrogens with zero attached hydrogens (tertiary/aromatic N) is 2. The third-order valence-electron chi connectivity index (χ3n) is 3.73. The molecule has 2 N–H and O–H groups in total. The van der Waals surface area contributed by atoms with Crippen molar-refractivity contribution in [3.8, 4) is 0 Å². The molecule has 6 nitrogen and oxygen atoms in total. The van der Waals surface area contributed by atoms with E-state index in [1.54, 1.807) is 30.5 Å². The molecule has 0 saturated heterocycles. The Morgan fingerprint density at radius 2 is 2.20 bits per heavy atom. The van der Waals surface area contributed by atoms with Gasteiger partial charge in [-0.15, -0.1) is 0 Å². The highest BCUT2D eigenvalue weighted by molar-refractivity contribution is 5.94. The lowest BCUT2D eigenvalue weighted by Gasteiger charge is -2.31. The van der Waals surface area contributed by atoms with Crippen LogP contribution in [0, 0.1) is 16.0 Å². The van der Waals surface area contributed by atoms with Crippen LogP contribution in [-0.2, 0) is 0 Å². The number of hydrogen-bond donors (Lipinski definition) is 2. The Labute approximate surface area is 115 Å². The number of rotatable bonds is 4. The van der Waals surface area contributed by atoms with E-state index in [9.17, 15) is 15.2 Å². The summed E-state index contributed by atoms with van der Waals surface area (Å²) in [5.41, 5.74) is 1.19. The van der Waals surface area contributed by atoms with Gasteiger partial charge in [-0.2, -0.15) is 0 Å². The molecule has 0 atom stereocenters. The molecule has 6 heteroatoms. The van der Waals surface area contributed by atoms with Crippen LogP contribution in [0.3, 0.4) is 0 Å². The third-order valence-corrected chi connectivity index (χ3v) is 3.73. The Kier molecular flexibility index (Phi) is 3.23. The van der Waals surface area contributed by atoms with Crippen LogP contribution < -0.4 is 5.32 Å². The number of aromatic nitrogens is 1. The summed E-state index contributed by atoms with van der Waals surface area (Å²) in [6, 6.07) is 6.88. The summed E-state index contributed by atoms with van der Waals surface area (Å²) in [6.45, 7) is 0.643. The number of anilines is 1. The summed E-state index contributed by atoms with van der Waals surface area (Å²) in [5.74, 6) is 0.384. The Morgan fingerprint density at radius 1 is 1.40 bits per heavy atom. The molecule has 0 bridgehead atoms. The molecule has 0 aliphatic heterocycles. The van der Waals surface area contributed by atoms with Crippen molar-refractivity contribution >= 4 is 22.3 Å². The molecule has 1 aromatic heterocycles. The molecule has 104 valence electrons. The van der Waals surface area contributed by atoms with Gasteiger partial charge >= 0.3 is 5.69 Å². The van der Waals surface area contributed by atoms with Crippen LogP contribution in [0.1, 0.15) is 12.8 Å². The van der Waals surface area contributed by atoms with Gasteiger partial charge in [0.05, 0.1) is 21.9 Å². The standard InChI is InChI=1S/C14H15N3O3/c18-10-6-9(7-10)8-16-13-4-3-12-11(2-1-5-15-12)14(13)17(19)20/h1-5,9-10,16,18H,6-8H2. The van der Waals surface area contributed by atoms with Crippen LogP contribution in [0.4, 0.5) is 11.4 Å². The molecule has 1 aromatic carbocycles. The second-order valence-electron chi connectivity index (χ2n) is 5.16. The van der Waals surface area contributed by atoms with Crippen molar-refractivity contribution in [2.45, 2.75) is 18.9 Å². The summed E-state index contributed by atoms with van der Waals surface area (Å²) >= 11 is 0. The molecule has 0 amide bonds. The molecule has 3 rings (SSSR count). The number of aliphatic hydroxyl groups excluding tert-OH is 1. The molecule has 0 unspecified atom stereocenters. The summed E-state index contributed by atoms with van der Waals surface area (Å²) in [4.78, 5) is 15.1. The third kappa shape index (κ3) is 2.30. The Hall–Kier alpha value is -2.21. The van der Waals surface area contributed by atoms with Crippen LogP contribution >= 0.6 is 0 Å². The van der Waals surface area contributed by atoms with E-state index in [1.165, 1.54) is 0 Å². The Bertz CT molecular complexity index is 653. The molecule has 1 aliphatic carbocycles. The fourth-order valence-electron chi connectivity index (χ4n) is 2.60. The highest BCUT2D eigenvalue weighted by Crippen LogP contribution is 2.34. The average Bonchev–Trinajstić information content (AvgIpc) is 2.41. The monoisotopic (exact) mass is 273 g/mol. The largest absolute Gasteiger partial charge is 0.393 e. The van der Waals surface area contributed by atoms with Gasteiger partial charge in [-0.3, -0.25) is 15.1 Å². The van der Waals surface area contributed by atoms with Gasteiger partial charge in [-0.05, 0) is 43.0 Å². The summed E-state index contributed by atoms with van der Waals surface area (Å²) in [5, 5.41) is 24.2. The number of pyridine rings is 1. The van der Waals surface area contributed by atoms with Crippen molar-refractivity contribution in [3.63, 3.8) is 0 Å². The van der Waals surface area contributed by atoms with Gasteiger partial charge in [-0.25, -0.2) is 0 Å². The van der Waals surface area contributed by atoms with Crippen molar-refractivity contribution in [1.29, 1.82) is 0 Å². The van der Waals surface area contributed by atoms with E-state index >= 15 is 0 Å². The van der Waals surface area contributed by atoms with Crippen molar-refractivity contribution in [3.05, 3.63) is 40.6 Å². The van der Waals surface area contributed by atoms with E-state index in [-0.39, 0.29) is 16.7 Å². The number of hydrogen-bond acceptors (Lipinski definition) is 5. The van der Waals surface area contributed by atoms with Gasteiger partial charge in [0.25, 0.3) is 0 Å². The lowest BCUT2D eigenvalue weighted by molar-refractivity contribution is -0.382. The van der Waals surface area contributed by atoms with E-state index in [4.69, 9.17) is 0 Å². The van der Waals surface area contributed by atoms with Gasteiger partial charge in [0.15, 0.2) is 0 Å². The van der Waals surface area contributed by atoms with Gasteiger partial charge in [0.1, 0.15) is 5.69 Å². The molecular weight excluding hydrogens is 258 g/mol. The first kappa shape index (κ1) is 12.8. The van der Waals surface area contributed by atoms with Crippen LogP contribution in [-0.4, -0.2) is 27.7 Å². The molecule has 2 aromatic rings. The second-order valence-corrected chi connectivity index (χ2v) is 5.16. The first-order chi connectivity index (χ1) is 9.65. The SMILES string of the molecule is O=[N+]([O-])c1c(NCC2CC(O)C2)ccc2ncccc12. The predicted octanol–water partition coefficient (Wildman–Crippen LogP) is 2.33. The summed E-state index contributed by atoms with van der Waals surface area (Å²) in [6.07, 6.45) is 2.93. The minimum Gasteiger partial charge on any atom is -0.393 e. The van der Waals surface area contributed by atoms with Crippen LogP contribution in [0.5, 0.6) is 0 Å². The first-order valence-electron chi connectivity index (χ1n) is 6.59. The molecule has 0 radical (unpaired) electrons. The van der Waals surface area contributed by atoms with E-state index in [1.807, 2.05) is 0 Å². The smallest absolute Gasteiger partial charge is 0.301 e. The molecule has 20 heavy (non-hydrogen) atoms. The van der Waals surface area contributed by atoms with Crippen molar-refractivity contribution in [2.75, 3.05) is 11.9 Å². The molecule has 1 aliphatic rings. The molecule has 1 heterocycles. The zero-order valence-corrected chi connectivity index (χ0v) is 10.8. The highest BCUT2D eigenvalue weighted by atomic mass is 16.6. The number of fused-ring (bicyclic) bond motifs is 1. The zero-order valence-electron chi connectivity index (χ0n) is 10.8. The lowest BCUT2D eigenvalue weighted by Crippen LogP contribution is -2.33. The number of nitro benzene ring substituents is 1. The molecule has 1 fully saturated rings. The first-order valence-corrected chi connectivity index (χ1v) is 6.59. The van der Waals surface area contributed by atoms with Crippen molar-refractivity contribution < 1.29 is 10.0 Å². The highest BCUT2D eigenvalue weighted by Gasteiger charge is 2.27. The summed E-state index contributed by atoms with van der Waals surface area (Å²) < 4.78 is 0. The number of aliphatic hydroxyl groups is 1. The minimum atomic E-state index is -0.373. The topological polar surface area (TPSA) is 88.3 Å². The summed E-state index contributed by atoms with van der Waals surface area (Å²) in [7, 11) is 0. The van der Waals surface area contributed by atoms with E-state index in [0.29, 0.717) is 29.1 Å². The fourth-order valence-corrected chi connectivity index (χ4v) is 2.60. The number of nitro groups is 1. The van der Waals surface area contributed by atoms with E-state index in [0.717, 1.165) is 12.8 Å². The normalized spacial score (nSPS) is 21.4. The lowest BCUT2D eigenvalue weighted by atomic mass is 9.82. The second kappa shape index (κ2) is 5.05. The number of benzene rings is 1. The van der Waals surface area contributed by atoms with E-state index in [2.05, 4.69) is 10.3 Å². The quantitative estimate of drug-likeness (QED) is 0.659. The molecule has 1 saturated carbocycles. The molecular formula is C14H15N3O3. The predicted molar refractivity (Wildman–Crippen MR) is 75.6 cm³/mol. The van der Waals surface area contributed by atoms with Gasteiger partial charge in [0.2, 0.25) is 0 Å². The maximum absolute atomic E-state index is 11.3. The molecule has 0 spiro atoms. The fraction of sp³-hybridized carbons (Fsp3) is 0.357. The van der Waals surface area contributed by atoms with Crippen LogP contribution in [0.2, 0.25) is 0 Å². The van der Waals surface area contributed by atoms with Crippen molar-refractivity contribution in [1.82, 2.24) is 4.98 Å².